The fourth-order valence-electron chi connectivity index (χ4n) is 2.06. The Hall–Kier alpha value is -0.120. The summed E-state index contributed by atoms with van der Waals surface area (Å²) in [5, 5.41) is 3.59. The molecule has 1 fully saturated rings. The molecule has 1 rings (SSSR count). The quantitative estimate of drug-likeness (QED) is 0.786. The SMILES string of the molecule is CC1CN(C(C)CNC(C)(C)C)CCN1C. The monoisotopic (exact) mass is 227 g/mol. The van der Waals surface area contributed by atoms with E-state index in [1.807, 2.05) is 0 Å². The summed E-state index contributed by atoms with van der Waals surface area (Å²) in [6.07, 6.45) is 0. The summed E-state index contributed by atoms with van der Waals surface area (Å²) < 4.78 is 0. The summed E-state index contributed by atoms with van der Waals surface area (Å²) in [7, 11) is 2.22. The Morgan fingerprint density at radius 2 is 1.94 bits per heavy atom. The summed E-state index contributed by atoms with van der Waals surface area (Å²) in [5.41, 5.74) is 0.229. The molecule has 2 atom stereocenters. The van der Waals surface area contributed by atoms with Crippen LogP contribution in [-0.4, -0.2) is 60.6 Å². The van der Waals surface area contributed by atoms with Crippen molar-refractivity contribution < 1.29 is 0 Å². The minimum atomic E-state index is 0.229. The van der Waals surface area contributed by atoms with Gasteiger partial charge in [-0.2, -0.15) is 0 Å². The molecule has 3 nitrogen and oxygen atoms in total. The highest BCUT2D eigenvalue weighted by atomic mass is 15.3. The van der Waals surface area contributed by atoms with E-state index in [9.17, 15) is 0 Å². The van der Waals surface area contributed by atoms with Gasteiger partial charge in [0.1, 0.15) is 0 Å². The van der Waals surface area contributed by atoms with Gasteiger partial charge in [-0.3, -0.25) is 4.90 Å². The first-order valence-electron chi connectivity index (χ1n) is 6.49. The van der Waals surface area contributed by atoms with E-state index in [1.54, 1.807) is 0 Å². The first-order chi connectivity index (χ1) is 7.29. The van der Waals surface area contributed by atoms with Crippen molar-refractivity contribution in [3.8, 4) is 0 Å². The van der Waals surface area contributed by atoms with Crippen LogP contribution in [0.5, 0.6) is 0 Å². The van der Waals surface area contributed by atoms with Crippen LogP contribution < -0.4 is 5.32 Å². The fourth-order valence-corrected chi connectivity index (χ4v) is 2.06. The highest BCUT2D eigenvalue weighted by molar-refractivity contribution is 4.82. The number of rotatable bonds is 3. The first-order valence-corrected chi connectivity index (χ1v) is 6.49. The van der Waals surface area contributed by atoms with Crippen molar-refractivity contribution in [1.82, 2.24) is 15.1 Å². The van der Waals surface area contributed by atoms with Crippen LogP contribution in [0.15, 0.2) is 0 Å². The van der Waals surface area contributed by atoms with Gasteiger partial charge in [0, 0.05) is 43.8 Å². The van der Waals surface area contributed by atoms with Gasteiger partial charge >= 0.3 is 0 Å². The maximum atomic E-state index is 3.59. The van der Waals surface area contributed by atoms with Gasteiger partial charge in [-0.15, -0.1) is 0 Å². The molecule has 2 unspecified atom stereocenters. The number of hydrogen-bond acceptors (Lipinski definition) is 3. The van der Waals surface area contributed by atoms with Crippen LogP contribution >= 0.6 is 0 Å². The molecule has 1 heterocycles. The van der Waals surface area contributed by atoms with E-state index in [2.05, 4.69) is 56.8 Å². The highest BCUT2D eigenvalue weighted by Crippen LogP contribution is 2.10. The Bertz CT molecular complexity index is 210. The third-order valence-electron chi connectivity index (χ3n) is 3.54. The van der Waals surface area contributed by atoms with Crippen LogP contribution in [0.25, 0.3) is 0 Å². The van der Waals surface area contributed by atoms with Gasteiger partial charge < -0.3 is 10.2 Å². The molecule has 0 aliphatic carbocycles. The predicted octanol–water partition coefficient (Wildman–Crippen LogP) is 1.40. The zero-order valence-corrected chi connectivity index (χ0v) is 11.9. The van der Waals surface area contributed by atoms with E-state index in [4.69, 9.17) is 0 Å². The Kier molecular flexibility index (Phi) is 4.77. The summed E-state index contributed by atoms with van der Waals surface area (Å²) in [6.45, 7) is 16.0. The van der Waals surface area contributed by atoms with E-state index in [1.165, 1.54) is 19.6 Å². The third-order valence-corrected chi connectivity index (χ3v) is 3.54. The number of piperazine rings is 1. The van der Waals surface area contributed by atoms with Crippen molar-refractivity contribution >= 4 is 0 Å². The van der Waals surface area contributed by atoms with E-state index in [-0.39, 0.29) is 5.54 Å². The largest absolute Gasteiger partial charge is 0.311 e. The average molecular weight is 227 g/mol. The van der Waals surface area contributed by atoms with Crippen molar-refractivity contribution in [3.63, 3.8) is 0 Å². The zero-order chi connectivity index (χ0) is 12.3. The third kappa shape index (κ3) is 4.40. The van der Waals surface area contributed by atoms with Crippen molar-refractivity contribution in [2.45, 2.75) is 52.2 Å². The Morgan fingerprint density at radius 3 is 2.44 bits per heavy atom. The molecule has 1 aliphatic rings. The van der Waals surface area contributed by atoms with Gasteiger partial charge in [-0.1, -0.05) is 0 Å². The molecule has 1 saturated heterocycles. The minimum absolute atomic E-state index is 0.229. The molecule has 0 bridgehead atoms. The van der Waals surface area contributed by atoms with E-state index < -0.39 is 0 Å². The second kappa shape index (κ2) is 5.48. The molecule has 1 aliphatic heterocycles. The second-order valence-corrected chi connectivity index (χ2v) is 6.30. The van der Waals surface area contributed by atoms with Crippen molar-refractivity contribution in [2.24, 2.45) is 0 Å². The van der Waals surface area contributed by atoms with Crippen molar-refractivity contribution in [2.75, 3.05) is 33.2 Å². The van der Waals surface area contributed by atoms with Crippen LogP contribution in [0.3, 0.4) is 0 Å². The summed E-state index contributed by atoms with van der Waals surface area (Å²) in [5.74, 6) is 0. The van der Waals surface area contributed by atoms with Gasteiger partial charge in [-0.05, 0) is 41.7 Å². The minimum Gasteiger partial charge on any atom is -0.311 e. The lowest BCUT2D eigenvalue weighted by Gasteiger charge is -2.41. The molecule has 0 aromatic carbocycles. The van der Waals surface area contributed by atoms with Crippen molar-refractivity contribution in [3.05, 3.63) is 0 Å². The van der Waals surface area contributed by atoms with Gasteiger partial charge in [0.25, 0.3) is 0 Å². The number of hydrogen-bond donors (Lipinski definition) is 1. The molecule has 1 N–H and O–H groups in total. The Balaban J connectivity index is 2.34. The fraction of sp³-hybridized carbons (Fsp3) is 1.00. The van der Waals surface area contributed by atoms with Gasteiger partial charge in [0.05, 0.1) is 0 Å². The standard InChI is InChI=1S/C13H29N3/c1-11(9-14-13(3,4)5)16-8-7-15(6)12(2)10-16/h11-12,14H,7-10H2,1-6H3. The smallest absolute Gasteiger partial charge is 0.0193 e. The van der Waals surface area contributed by atoms with E-state index in [0.717, 1.165) is 6.54 Å². The van der Waals surface area contributed by atoms with E-state index >= 15 is 0 Å². The number of nitrogens with one attached hydrogen (secondary N) is 1. The van der Waals surface area contributed by atoms with Crippen LogP contribution in [0.4, 0.5) is 0 Å². The highest BCUT2D eigenvalue weighted by Gasteiger charge is 2.24. The zero-order valence-electron chi connectivity index (χ0n) is 11.9. The summed E-state index contributed by atoms with van der Waals surface area (Å²) in [6, 6.07) is 1.32. The molecule has 3 heteroatoms. The molecule has 96 valence electrons. The topological polar surface area (TPSA) is 18.5 Å². The molecular formula is C13H29N3. The first kappa shape index (κ1) is 13.9. The van der Waals surface area contributed by atoms with Crippen molar-refractivity contribution in [1.29, 1.82) is 0 Å². The molecule has 0 aromatic rings. The summed E-state index contributed by atoms with van der Waals surface area (Å²) in [4.78, 5) is 5.05. The molecule has 16 heavy (non-hydrogen) atoms. The maximum absolute atomic E-state index is 3.59. The predicted molar refractivity (Wildman–Crippen MR) is 70.9 cm³/mol. The summed E-state index contributed by atoms with van der Waals surface area (Å²) >= 11 is 0. The molecule has 0 amide bonds. The molecular weight excluding hydrogens is 198 g/mol. The van der Waals surface area contributed by atoms with E-state index in [0.29, 0.717) is 12.1 Å². The van der Waals surface area contributed by atoms with Crippen LogP contribution in [0.1, 0.15) is 34.6 Å². The molecule has 0 radical (unpaired) electrons. The molecule has 0 spiro atoms. The van der Waals surface area contributed by atoms with Crippen LogP contribution in [0, 0.1) is 0 Å². The lowest BCUT2D eigenvalue weighted by atomic mass is 10.1. The lowest BCUT2D eigenvalue weighted by molar-refractivity contribution is 0.0751. The Morgan fingerprint density at radius 1 is 1.31 bits per heavy atom. The van der Waals surface area contributed by atoms with Crippen LogP contribution in [0.2, 0.25) is 0 Å². The average Bonchev–Trinajstić information content (AvgIpc) is 2.17. The second-order valence-electron chi connectivity index (χ2n) is 6.30. The van der Waals surface area contributed by atoms with Gasteiger partial charge in [-0.25, -0.2) is 0 Å². The Labute approximate surface area is 101 Å². The van der Waals surface area contributed by atoms with Crippen LogP contribution in [-0.2, 0) is 0 Å². The molecule has 0 aromatic heterocycles. The lowest BCUT2D eigenvalue weighted by Crippen LogP contribution is -2.55. The van der Waals surface area contributed by atoms with Gasteiger partial charge in [0.2, 0.25) is 0 Å². The number of nitrogens with zero attached hydrogens (tertiary/aromatic N) is 2. The van der Waals surface area contributed by atoms with Gasteiger partial charge in [0.15, 0.2) is 0 Å². The molecule has 0 saturated carbocycles. The normalized spacial score (nSPS) is 27.0. The number of likely N-dealkylation sites (N-methyl/N-ethyl adjacent to an activating group) is 1. The maximum Gasteiger partial charge on any atom is 0.0193 e.